The molecular weight excluding hydrogens is 224 g/mol. The minimum absolute atomic E-state index is 0.237. The van der Waals surface area contributed by atoms with Crippen LogP contribution in [-0.4, -0.2) is 41.4 Å². The van der Waals surface area contributed by atoms with Gasteiger partial charge < -0.3 is 9.80 Å². The summed E-state index contributed by atoms with van der Waals surface area (Å²) in [4.78, 5) is 16.9. The fraction of sp³-hybridized carbons (Fsp3) is 0.533. The van der Waals surface area contributed by atoms with E-state index < -0.39 is 0 Å². The number of nitrogens with zero attached hydrogens (tertiary/aromatic N) is 2. The first-order valence-electron chi connectivity index (χ1n) is 6.91. The van der Waals surface area contributed by atoms with E-state index in [0.29, 0.717) is 6.04 Å². The number of amides is 1. The van der Waals surface area contributed by atoms with Crippen LogP contribution in [-0.2, 0) is 6.54 Å². The second-order valence-corrected chi connectivity index (χ2v) is 5.26. The molecule has 0 aliphatic carbocycles. The van der Waals surface area contributed by atoms with Gasteiger partial charge in [-0.15, -0.1) is 0 Å². The highest BCUT2D eigenvalue weighted by Gasteiger charge is 2.33. The number of piperidine rings is 1. The summed E-state index contributed by atoms with van der Waals surface area (Å²) in [5.41, 5.74) is 2.11. The van der Waals surface area contributed by atoms with Crippen LogP contribution in [0.2, 0.25) is 0 Å². The predicted molar refractivity (Wildman–Crippen MR) is 71.5 cm³/mol. The number of hydrogen-bond donors (Lipinski definition) is 0. The Morgan fingerprint density at radius 2 is 1.94 bits per heavy atom. The number of fused-ring (bicyclic) bond motifs is 1. The van der Waals surface area contributed by atoms with E-state index >= 15 is 0 Å². The quantitative estimate of drug-likeness (QED) is 0.795. The fourth-order valence-corrected chi connectivity index (χ4v) is 3.12. The molecule has 3 heteroatoms. The zero-order valence-corrected chi connectivity index (χ0v) is 10.9. The zero-order chi connectivity index (χ0) is 12.5. The van der Waals surface area contributed by atoms with Gasteiger partial charge in [0.1, 0.15) is 0 Å². The highest BCUT2D eigenvalue weighted by Crippen LogP contribution is 2.28. The summed E-state index contributed by atoms with van der Waals surface area (Å²) in [6.45, 7) is 6.40. The Bertz CT molecular complexity index is 450. The van der Waals surface area contributed by atoms with E-state index in [2.05, 4.69) is 22.8 Å². The number of benzene rings is 1. The van der Waals surface area contributed by atoms with E-state index in [1.54, 1.807) is 0 Å². The Morgan fingerprint density at radius 3 is 2.61 bits per heavy atom. The highest BCUT2D eigenvalue weighted by molar-refractivity contribution is 5.98. The smallest absolute Gasteiger partial charge is 0.254 e. The van der Waals surface area contributed by atoms with Crippen LogP contribution in [0.15, 0.2) is 24.3 Å². The molecule has 2 aliphatic heterocycles. The molecule has 18 heavy (non-hydrogen) atoms. The van der Waals surface area contributed by atoms with Crippen LogP contribution < -0.4 is 0 Å². The molecule has 1 fully saturated rings. The van der Waals surface area contributed by atoms with Crippen molar-refractivity contribution in [1.29, 1.82) is 0 Å². The maximum absolute atomic E-state index is 12.4. The average Bonchev–Trinajstić information content (AvgIpc) is 2.77. The van der Waals surface area contributed by atoms with Crippen LogP contribution in [0.1, 0.15) is 35.7 Å². The monoisotopic (exact) mass is 244 g/mol. The largest absolute Gasteiger partial charge is 0.331 e. The van der Waals surface area contributed by atoms with Crippen molar-refractivity contribution in [3.05, 3.63) is 35.4 Å². The van der Waals surface area contributed by atoms with Gasteiger partial charge in [-0.05, 0) is 31.0 Å². The van der Waals surface area contributed by atoms with Crippen LogP contribution in [0, 0.1) is 0 Å². The Balaban J connectivity index is 1.71. The molecule has 1 amide bonds. The average molecular weight is 244 g/mol. The molecule has 0 aromatic heterocycles. The third-order valence-electron chi connectivity index (χ3n) is 4.29. The molecular formula is C15H20N2O. The highest BCUT2D eigenvalue weighted by atomic mass is 16.2. The SMILES string of the molecule is CCN1CCC(N2Cc3ccccc3C2=O)CC1. The number of carbonyl (C=O) groups is 1. The minimum atomic E-state index is 0.237. The lowest BCUT2D eigenvalue weighted by Crippen LogP contribution is -2.44. The summed E-state index contributed by atoms with van der Waals surface area (Å²) < 4.78 is 0. The molecule has 1 aromatic rings. The third-order valence-corrected chi connectivity index (χ3v) is 4.29. The molecule has 0 bridgehead atoms. The van der Waals surface area contributed by atoms with E-state index in [4.69, 9.17) is 0 Å². The van der Waals surface area contributed by atoms with E-state index in [9.17, 15) is 4.79 Å². The molecule has 3 nitrogen and oxygen atoms in total. The molecule has 0 N–H and O–H groups in total. The van der Waals surface area contributed by atoms with Gasteiger partial charge in [0.05, 0.1) is 0 Å². The van der Waals surface area contributed by atoms with Crippen molar-refractivity contribution in [3.8, 4) is 0 Å². The van der Waals surface area contributed by atoms with Gasteiger partial charge in [-0.2, -0.15) is 0 Å². The van der Waals surface area contributed by atoms with Crippen molar-refractivity contribution >= 4 is 5.91 Å². The molecule has 0 saturated carbocycles. The zero-order valence-electron chi connectivity index (χ0n) is 10.9. The molecule has 1 aromatic carbocycles. The Kier molecular flexibility index (Phi) is 3.08. The van der Waals surface area contributed by atoms with Crippen molar-refractivity contribution in [2.45, 2.75) is 32.4 Å². The van der Waals surface area contributed by atoms with Crippen LogP contribution >= 0.6 is 0 Å². The first-order valence-corrected chi connectivity index (χ1v) is 6.91. The summed E-state index contributed by atoms with van der Waals surface area (Å²) in [6, 6.07) is 8.45. The van der Waals surface area contributed by atoms with Crippen molar-refractivity contribution in [3.63, 3.8) is 0 Å². The van der Waals surface area contributed by atoms with Gasteiger partial charge in [0, 0.05) is 31.2 Å². The molecule has 0 unspecified atom stereocenters. The van der Waals surface area contributed by atoms with E-state index in [1.165, 1.54) is 5.56 Å². The van der Waals surface area contributed by atoms with Crippen molar-refractivity contribution in [2.75, 3.05) is 19.6 Å². The standard InChI is InChI=1S/C15H20N2O/c1-2-16-9-7-13(8-10-16)17-11-12-5-3-4-6-14(12)15(17)18/h3-6,13H,2,7-11H2,1H3. The Labute approximate surface area is 108 Å². The van der Waals surface area contributed by atoms with Gasteiger partial charge in [0.25, 0.3) is 5.91 Å². The van der Waals surface area contributed by atoms with Gasteiger partial charge in [-0.1, -0.05) is 25.1 Å². The second kappa shape index (κ2) is 4.73. The lowest BCUT2D eigenvalue weighted by atomic mass is 10.0. The van der Waals surface area contributed by atoms with Gasteiger partial charge in [-0.3, -0.25) is 4.79 Å². The van der Waals surface area contributed by atoms with Gasteiger partial charge >= 0.3 is 0 Å². The molecule has 0 atom stereocenters. The number of likely N-dealkylation sites (tertiary alicyclic amines) is 1. The summed E-state index contributed by atoms with van der Waals surface area (Å²) in [6.07, 6.45) is 2.24. The molecule has 3 rings (SSSR count). The first-order chi connectivity index (χ1) is 8.79. The number of hydrogen-bond acceptors (Lipinski definition) is 2. The third kappa shape index (κ3) is 1.93. The van der Waals surface area contributed by atoms with Gasteiger partial charge in [-0.25, -0.2) is 0 Å². The Hall–Kier alpha value is -1.35. The molecule has 1 saturated heterocycles. The van der Waals surface area contributed by atoms with E-state index in [1.807, 2.05) is 18.2 Å². The number of carbonyl (C=O) groups excluding carboxylic acids is 1. The molecule has 2 heterocycles. The summed E-state index contributed by atoms with van der Waals surface area (Å²) >= 11 is 0. The predicted octanol–water partition coefficient (Wildman–Crippen LogP) is 2.13. The number of rotatable bonds is 2. The van der Waals surface area contributed by atoms with Gasteiger partial charge in [0.15, 0.2) is 0 Å². The maximum atomic E-state index is 12.4. The summed E-state index contributed by atoms with van der Waals surface area (Å²) in [7, 11) is 0. The van der Waals surface area contributed by atoms with Crippen molar-refractivity contribution < 1.29 is 4.79 Å². The second-order valence-electron chi connectivity index (χ2n) is 5.26. The summed E-state index contributed by atoms with van der Waals surface area (Å²) in [5, 5.41) is 0. The van der Waals surface area contributed by atoms with Crippen LogP contribution in [0.25, 0.3) is 0 Å². The van der Waals surface area contributed by atoms with E-state index in [0.717, 1.165) is 44.6 Å². The fourth-order valence-electron chi connectivity index (χ4n) is 3.12. The van der Waals surface area contributed by atoms with Crippen LogP contribution in [0.4, 0.5) is 0 Å². The van der Waals surface area contributed by atoms with E-state index in [-0.39, 0.29) is 5.91 Å². The lowest BCUT2D eigenvalue weighted by molar-refractivity contribution is 0.0602. The first kappa shape index (κ1) is 11.7. The summed E-state index contributed by atoms with van der Waals surface area (Å²) in [5.74, 6) is 0.237. The molecule has 2 aliphatic rings. The van der Waals surface area contributed by atoms with Crippen molar-refractivity contribution in [2.24, 2.45) is 0 Å². The normalized spacial score (nSPS) is 21.4. The Morgan fingerprint density at radius 1 is 1.22 bits per heavy atom. The molecule has 96 valence electrons. The van der Waals surface area contributed by atoms with Crippen LogP contribution in [0.5, 0.6) is 0 Å². The molecule has 0 spiro atoms. The topological polar surface area (TPSA) is 23.6 Å². The lowest BCUT2D eigenvalue weighted by Gasteiger charge is -2.36. The maximum Gasteiger partial charge on any atom is 0.254 e. The van der Waals surface area contributed by atoms with Gasteiger partial charge in [0.2, 0.25) is 0 Å². The minimum Gasteiger partial charge on any atom is -0.331 e. The molecule has 0 radical (unpaired) electrons. The van der Waals surface area contributed by atoms with Crippen molar-refractivity contribution in [1.82, 2.24) is 9.80 Å². The van der Waals surface area contributed by atoms with Crippen LogP contribution in [0.3, 0.4) is 0 Å².